The van der Waals surface area contributed by atoms with Crippen molar-refractivity contribution in [1.82, 2.24) is 0 Å². The van der Waals surface area contributed by atoms with Crippen LogP contribution in [0.5, 0.6) is 0 Å². The monoisotopic (exact) mass is 248 g/mol. The number of carbonyl (C=O) groups is 1. The summed E-state index contributed by atoms with van der Waals surface area (Å²) in [5, 5.41) is 0. The lowest BCUT2D eigenvalue weighted by molar-refractivity contribution is -0.111. The van der Waals surface area contributed by atoms with Crippen molar-refractivity contribution in [1.29, 1.82) is 0 Å². The van der Waals surface area contributed by atoms with Gasteiger partial charge in [0, 0.05) is 11.5 Å². The van der Waals surface area contributed by atoms with Gasteiger partial charge in [0.2, 0.25) is 0 Å². The van der Waals surface area contributed by atoms with E-state index in [9.17, 15) is 4.79 Å². The van der Waals surface area contributed by atoms with Gasteiger partial charge < -0.3 is 0 Å². The van der Waals surface area contributed by atoms with Crippen molar-refractivity contribution < 1.29 is 4.79 Å². The van der Waals surface area contributed by atoms with E-state index in [4.69, 9.17) is 0 Å². The van der Waals surface area contributed by atoms with Gasteiger partial charge >= 0.3 is 0 Å². The summed E-state index contributed by atoms with van der Waals surface area (Å²) in [6.07, 6.45) is 15.1. The van der Waals surface area contributed by atoms with Crippen LogP contribution >= 0.6 is 0 Å². The Morgan fingerprint density at radius 2 is 1.83 bits per heavy atom. The molecule has 102 valence electrons. The van der Waals surface area contributed by atoms with Crippen molar-refractivity contribution in [3.63, 3.8) is 0 Å². The van der Waals surface area contributed by atoms with Crippen LogP contribution in [-0.4, -0.2) is 5.78 Å². The highest BCUT2D eigenvalue weighted by molar-refractivity contribution is 6.07. The van der Waals surface area contributed by atoms with Crippen molar-refractivity contribution in [3.8, 4) is 0 Å². The zero-order valence-corrected chi connectivity index (χ0v) is 12.2. The molecule has 18 heavy (non-hydrogen) atoms. The largest absolute Gasteiger partial charge is 0.290 e. The Hall–Kier alpha value is -0.850. The molecule has 0 saturated heterocycles. The van der Waals surface area contributed by atoms with Crippen LogP contribution in [0, 0.1) is 11.8 Å². The molecule has 1 unspecified atom stereocenters. The predicted molar refractivity (Wildman–Crippen MR) is 78.6 cm³/mol. The fourth-order valence-electron chi connectivity index (χ4n) is 2.55. The van der Waals surface area contributed by atoms with Crippen LogP contribution in [-0.2, 0) is 4.79 Å². The van der Waals surface area contributed by atoms with E-state index < -0.39 is 0 Å². The quantitative estimate of drug-likeness (QED) is 0.433. The molecule has 0 aromatic heterocycles. The molecule has 0 aromatic rings. The molecule has 1 heteroatoms. The first kappa shape index (κ1) is 15.2. The number of rotatable bonds is 8. The van der Waals surface area contributed by atoms with Crippen LogP contribution in [0.3, 0.4) is 0 Å². The molecule has 0 aromatic carbocycles. The Kier molecular flexibility index (Phi) is 7.00. The Bertz CT molecular complexity index is 310. The first-order valence-corrected chi connectivity index (χ1v) is 7.59. The van der Waals surface area contributed by atoms with Crippen LogP contribution < -0.4 is 0 Å². The molecule has 1 rings (SSSR count). The van der Waals surface area contributed by atoms with E-state index in [0.717, 1.165) is 12.0 Å². The van der Waals surface area contributed by atoms with E-state index in [0.29, 0.717) is 11.8 Å². The molecule has 0 aliphatic heterocycles. The Balaban J connectivity index is 2.29. The van der Waals surface area contributed by atoms with E-state index in [1.165, 1.54) is 38.5 Å². The summed E-state index contributed by atoms with van der Waals surface area (Å²) >= 11 is 0. The lowest BCUT2D eigenvalue weighted by atomic mass is 9.93. The van der Waals surface area contributed by atoms with Gasteiger partial charge in [-0.3, -0.25) is 4.79 Å². The third-order valence-corrected chi connectivity index (χ3v) is 3.55. The Morgan fingerprint density at radius 3 is 2.50 bits per heavy atom. The standard InChI is InChI=1S/C17H28O/c1-4-5-6-7-8-9-10-15-11-12-17(18)16(15)13-14(2)3/h11-15H,4-10H2,1-3H3. The molecular weight excluding hydrogens is 220 g/mol. The minimum absolute atomic E-state index is 0.236. The van der Waals surface area contributed by atoms with Crippen LogP contribution in [0.25, 0.3) is 0 Å². The predicted octanol–water partition coefficient (Wildman–Crippen LogP) is 5.07. The lowest BCUT2D eigenvalue weighted by Gasteiger charge is -2.11. The average molecular weight is 248 g/mol. The second-order valence-corrected chi connectivity index (χ2v) is 5.75. The summed E-state index contributed by atoms with van der Waals surface area (Å²) in [5.74, 6) is 1.10. The zero-order valence-electron chi connectivity index (χ0n) is 12.2. The maximum atomic E-state index is 11.7. The van der Waals surface area contributed by atoms with Gasteiger partial charge in [0.15, 0.2) is 5.78 Å². The summed E-state index contributed by atoms with van der Waals surface area (Å²) < 4.78 is 0. The second-order valence-electron chi connectivity index (χ2n) is 5.75. The fourth-order valence-corrected chi connectivity index (χ4v) is 2.55. The summed E-state index contributed by atoms with van der Waals surface area (Å²) in [4.78, 5) is 11.7. The summed E-state index contributed by atoms with van der Waals surface area (Å²) in [7, 11) is 0. The summed E-state index contributed by atoms with van der Waals surface area (Å²) in [6, 6.07) is 0. The highest BCUT2D eigenvalue weighted by atomic mass is 16.1. The second kappa shape index (κ2) is 8.29. The van der Waals surface area contributed by atoms with Gasteiger partial charge in [-0.25, -0.2) is 0 Å². The van der Waals surface area contributed by atoms with Crippen molar-refractivity contribution in [2.45, 2.75) is 65.7 Å². The fraction of sp³-hybridized carbons (Fsp3) is 0.706. The Morgan fingerprint density at radius 1 is 1.17 bits per heavy atom. The molecule has 1 nitrogen and oxygen atoms in total. The van der Waals surface area contributed by atoms with E-state index >= 15 is 0 Å². The molecule has 1 aliphatic rings. The molecule has 0 spiro atoms. The molecule has 0 amide bonds. The molecule has 0 fully saturated rings. The van der Waals surface area contributed by atoms with E-state index in [1.807, 2.05) is 0 Å². The minimum atomic E-state index is 0.236. The third-order valence-electron chi connectivity index (χ3n) is 3.55. The lowest BCUT2D eigenvalue weighted by Crippen LogP contribution is -2.04. The van der Waals surface area contributed by atoms with Gasteiger partial charge in [0.25, 0.3) is 0 Å². The number of hydrogen-bond acceptors (Lipinski definition) is 1. The minimum Gasteiger partial charge on any atom is -0.290 e. The zero-order chi connectivity index (χ0) is 13.4. The van der Waals surface area contributed by atoms with Gasteiger partial charge in [-0.05, 0) is 18.4 Å². The van der Waals surface area contributed by atoms with E-state index in [-0.39, 0.29) is 5.78 Å². The highest BCUT2D eigenvalue weighted by Gasteiger charge is 2.22. The average Bonchev–Trinajstić information content (AvgIpc) is 2.65. The number of ketones is 1. The maximum absolute atomic E-state index is 11.7. The first-order chi connectivity index (χ1) is 8.65. The highest BCUT2D eigenvalue weighted by Crippen LogP contribution is 2.28. The Labute approximate surface area is 112 Å². The number of hydrogen-bond donors (Lipinski definition) is 0. The van der Waals surface area contributed by atoms with E-state index in [2.05, 4.69) is 32.9 Å². The van der Waals surface area contributed by atoms with Gasteiger partial charge in [0.05, 0.1) is 0 Å². The van der Waals surface area contributed by atoms with Gasteiger partial charge in [-0.1, -0.05) is 71.4 Å². The number of unbranched alkanes of at least 4 members (excludes halogenated alkanes) is 5. The van der Waals surface area contributed by atoms with E-state index in [1.54, 1.807) is 6.08 Å². The molecule has 0 radical (unpaired) electrons. The number of allylic oxidation sites excluding steroid dienone is 4. The molecule has 1 atom stereocenters. The van der Waals surface area contributed by atoms with Crippen LogP contribution in [0.2, 0.25) is 0 Å². The molecule has 0 heterocycles. The molecule has 0 bridgehead atoms. The van der Waals surface area contributed by atoms with Crippen molar-refractivity contribution in [3.05, 3.63) is 23.8 Å². The van der Waals surface area contributed by atoms with Gasteiger partial charge in [0.1, 0.15) is 0 Å². The normalized spacial score (nSPS) is 21.4. The van der Waals surface area contributed by atoms with Crippen LogP contribution in [0.4, 0.5) is 0 Å². The molecule has 0 N–H and O–H groups in total. The van der Waals surface area contributed by atoms with Crippen LogP contribution in [0.1, 0.15) is 65.7 Å². The van der Waals surface area contributed by atoms with Gasteiger partial charge in [-0.2, -0.15) is 0 Å². The molecule has 0 saturated carbocycles. The molecule has 1 aliphatic carbocycles. The first-order valence-electron chi connectivity index (χ1n) is 7.59. The summed E-state index contributed by atoms with van der Waals surface area (Å²) in [5.41, 5.74) is 1.04. The van der Waals surface area contributed by atoms with Crippen molar-refractivity contribution in [2.75, 3.05) is 0 Å². The third kappa shape index (κ3) is 5.20. The van der Waals surface area contributed by atoms with Gasteiger partial charge in [-0.15, -0.1) is 0 Å². The smallest absolute Gasteiger partial charge is 0.181 e. The number of carbonyl (C=O) groups excluding carboxylic acids is 1. The topological polar surface area (TPSA) is 17.1 Å². The van der Waals surface area contributed by atoms with Crippen LogP contribution in [0.15, 0.2) is 23.8 Å². The maximum Gasteiger partial charge on any atom is 0.181 e. The van der Waals surface area contributed by atoms with Crippen molar-refractivity contribution >= 4 is 5.78 Å². The summed E-state index contributed by atoms with van der Waals surface area (Å²) in [6.45, 7) is 6.53. The SMILES string of the molecule is CCCCCCCCC1C=CC(=O)C1=CC(C)C. The molecular formula is C17H28O. The van der Waals surface area contributed by atoms with Crippen molar-refractivity contribution in [2.24, 2.45) is 11.8 Å².